The Bertz CT molecular complexity index is 1010. The summed E-state index contributed by atoms with van der Waals surface area (Å²) in [7, 11) is 4.17. The Morgan fingerprint density at radius 2 is 1.62 bits per heavy atom. The van der Waals surface area contributed by atoms with Crippen LogP contribution in [0, 0.1) is 10.1 Å². The first-order valence-electron chi connectivity index (χ1n) is 9.61. The van der Waals surface area contributed by atoms with Gasteiger partial charge in [-0.2, -0.15) is 0 Å². The van der Waals surface area contributed by atoms with Gasteiger partial charge < -0.3 is 29.4 Å². The van der Waals surface area contributed by atoms with Gasteiger partial charge in [-0.25, -0.2) is 4.79 Å². The Labute approximate surface area is 204 Å². The molecule has 0 aliphatic heterocycles. The maximum atomic E-state index is 12.7. The number of esters is 1. The molecule has 0 fully saturated rings. The van der Waals surface area contributed by atoms with E-state index in [-0.39, 0.29) is 34.1 Å². The first-order chi connectivity index (χ1) is 16.1. The minimum absolute atomic E-state index is 0.0527. The van der Waals surface area contributed by atoms with Gasteiger partial charge in [0.15, 0.2) is 16.3 Å². The molecule has 0 aliphatic carbocycles. The van der Waals surface area contributed by atoms with E-state index in [2.05, 4.69) is 5.32 Å². The molecule has 184 valence electrons. The normalized spacial score (nSPS) is 12.4. The van der Waals surface area contributed by atoms with Crippen molar-refractivity contribution >= 4 is 40.8 Å². The average Bonchev–Trinajstić information content (AvgIpc) is 2.84. The van der Waals surface area contributed by atoms with Gasteiger partial charge in [0.05, 0.1) is 37.9 Å². The van der Waals surface area contributed by atoms with E-state index in [0.29, 0.717) is 0 Å². The third-order valence-electron chi connectivity index (χ3n) is 4.65. The number of carbonyl (C=O) groups is 2. The van der Waals surface area contributed by atoms with Crippen molar-refractivity contribution < 1.29 is 38.6 Å². The van der Waals surface area contributed by atoms with Crippen molar-refractivity contribution in [3.05, 3.63) is 57.6 Å². The molecule has 0 aromatic heterocycles. The largest absolute Gasteiger partial charge is 0.493 e. The van der Waals surface area contributed by atoms with Crippen LogP contribution in [0.2, 0.25) is 0 Å². The Balaban J connectivity index is 2.25. The molecule has 2 aromatic carbocycles. The lowest BCUT2D eigenvalue weighted by Crippen LogP contribution is -2.45. The van der Waals surface area contributed by atoms with Crippen LogP contribution in [0.15, 0.2) is 36.4 Å². The maximum absolute atomic E-state index is 12.7. The number of benzene rings is 2. The maximum Gasteiger partial charge on any atom is 0.338 e. The Morgan fingerprint density at radius 1 is 1.06 bits per heavy atom. The topological polar surface area (TPSA) is 146 Å². The number of nitro groups is 1. The molecular formula is C21H22Cl2N2O9. The molecule has 0 saturated heterocycles. The van der Waals surface area contributed by atoms with Crippen LogP contribution in [0.5, 0.6) is 17.2 Å². The molecular weight excluding hydrogens is 495 g/mol. The molecule has 0 spiro atoms. The number of aliphatic hydroxyl groups is 1. The third kappa shape index (κ3) is 6.62. The molecule has 34 heavy (non-hydrogen) atoms. The Morgan fingerprint density at radius 3 is 2.06 bits per heavy atom. The highest BCUT2D eigenvalue weighted by Gasteiger charge is 2.28. The van der Waals surface area contributed by atoms with Crippen molar-refractivity contribution in [2.75, 3.05) is 27.9 Å². The van der Waals surface area contributed by atoms with Crippen LogP contribution >= 0.6 is 23.2 Å². The minimum atomic E-state index is -1.45. The summed E-state index contributed by atoms with van der Waals surface area (Å²) in [6.45, 7) is -0.486. The molecule has 2 rings (SSSR count). The van der Waals surface area contributed by atoms with Crippen LogP contribution in [-0.4, -0.2) is 60.7 Å². The fourth-order valence-electron chi connectivity index (χ4n) is 2.93. The van der Waals surface area contributed by atoms with E-state index in [1.807, 2.05) is 0 Å². The summed E-state index contributed by atoms with van der Waals surface area (Å²) in [5.41, 5.74) is 0.0874. The number of amides is 1. The summed E-state index contributed by atoms with van der Waals surface area (Å²) in [6, 6.07) is 6.55. The molecule has 2 N–H and O–H groups in total. The number of nitro benzene ring substituents is 1. The number of alkyl halides is 2. The fraction of sp³-hybridized carbons (Fsp3) is 0.333. The summed E-state index contributed by atoms with van der Waals surface area (Å²) < 4.78 is 20.9. The fourth-order valence-corrected chi connectivity index (χ4v) is 3.06. The quantitative estimate of drug-likeness (QED) is 0.199. The van der Waals surface area contributed by atoms with E-state index in [4.69, 9.17) is 42.1 Å². The van der Waals surface area contributed by atoms with Crippen LogP contribution in [-0.2, 0) is 9.53 Å². The number of hydrogen-bond acceptors (Lipinski definition) is 9. The van der Waals surface area contributed by atoms with Crippen molar-refractivity contribution in [1.29, 1.82) is 0 Å². The first kappa shape index (κ1) is 27.0. The van der Waals surface area contributed by atoms with Crippen LogP contribution in [0.4, 0.5) is 5.69 Å². The number of methoxy groups -OCH3 is 3. The molecule has 0 heterocycles. The number of non-ortho nitro benzene ring substituents is 1. The summed E-state index contributed by atoms with van der Waals surface area (Å²) >= 11 is 11.2. The Hall–Kier alpha value is -3.28. The highest BCUT2D eigenvalue weighted by molar-refractivity contribution is 6.53. The van der Waals surface area contributed by atoms with Gasteiger partial charge in [0.25, 0.3) is 11.6 Å². The van der Waals surface area contributed by atoms with E-state index in [0.717, 1.165) is 0 Å². The first-order valence-corrected chi connectivity index (χ1v) is 10.5. The number of ether oxygens (including phenoxy) is 4. The van der Waals surface area contributed by atoms with Crippen molar-refractivity contribution in [2.24, 2.45) is 0 Å². The van der Waals surface area contributed by atoms with Gasteiger partial charge >= 0.3 is 5.97 Å². The van der Waals surface area contributed by atoms with Gasteiger partial charge in [-0.15, -0.1) is 0 Å². The van der Waals surface area contributed by atoms with E-state index < -0.39 is 40.4 Å². The molecule has 0 bridgehead atoms. The molecule has 0 saturated carbocycles. The van der Waals surface area contributed by atoms with Crippen LogP contribution in [0.25, 0.3) is 0 Å². The summed E-state index contributed by atoms with van der Waals surface area (Å²) in [5.74, 6) is -0.940. The summed E-state index contributed by atoms with van der Waals surface area (Å²) in [6.07, 6.45) is -1.41. The van der Waals surface area contributed by atoms with Gasteiger partial charge in [-0.1, -0.05) is 23.2 Å². The lowest BCUT2D eigenvalue weighted by Gasteiger charge is -2.24. The van der Waals surface area contributed by atoms with Crippen LogP contribution in [0.1, 0.15) is 22.0 Å². The zero-order valence-electron chi connectivity index (χ0n) is 18.3. The van der Waals surface area contributed by atoms with Crippen molar-refractivity contribution in [1.82, 2.24) is 5.32 Å². The van der Waals surface area contributed by atoms with Gasteiger partial charge in [0.2, 0.25) is 5.75 Å². The number of rotatable bonds is 11. The van der Waals surface area contributed by atoms with E-state index in [1.54, 1.807) is 0 Å². The highest BCUT2D eigenvalue weighted by Crippen LogP contribution is 2.38. The smallest absolute Gasteiger partial charge is 0.338 e. The van der Waals surface area contributed by atoms with Crippen molar-refractivity contribution in [3.63, 3.8) is 0 Å². The lowest BCUT2D eigenvalue weighted by molar-refractivity contribution is -0.384. The van der Waals surface area contributed by atoms with Gasteiger partial charge in [0.1, 0.15) is 12.7 Å². The second-order valence-electron chi connectivity index (χ2n) is 6.72. The zero-order valence-corrected chi connectivity index (χ0v) is 19.8. The van der Waals surface area contributed by atoms with Gasteiger partial charge in [-0.3, -0.25) is 14.9 Å². The van der Waals surface area contributed by atoms with E-state index >= 15 is 0 Å². The molecule has 0 radical (unpaired) electrons. The van der Waals surface area contributed by atoms with Crippen molar-refractivity contribution in [3.8, 4) is 17.2 Å². The van der Waals surface area contributed by atoms with Crippen molar-refractivity contribution in [2.45, 2.75) is 17.0 Å². The molecule has 0 aliphatic rings. The second-order valence-corrected chi connectivity index (χ2v) is 7.82. The van der Waals surface area contributed by atoms with Crippen LogP contribution < -0.4 is 19.5 Å². The molecule has 2 unspecified atom stereocenters. The number of aliphatic hydroxyl groups excluding tert-OH is 1. The molecule has 2 atom stereocenters. The SMILES string of the molecule is COc1cc(C(=O)OCC(NC(=O)C(Cl)Cl)C(O)c2ccc([N+](=O)[O-])cc2)cc(OC)c1OC. The van der Waals surface area contributed by atoms with E-state index in [9.17, 15) is 24.8 Å². The summed E-state index contributed by atoms with van der Waals surface area (Å²) in [4.78, 5) is 33.5. The predicted molar refractivity (Wildman–Crippen MR) is 122 cm³/mol. The number of nitrogens with zero attached hydrogens (tertiary/aromatic N) is 1. The van der Waals surface area contributed by atoms with Gasteiger partial charge in [0, 0.05) is 12.1 Å². The molecule has 11 nitrogen and oxygen atoms in total. The average molecular weight is 517 g/mol. The van der Waals surface area contributed by atoms with Crippen LogP contribution in [0.3, 0.4) is 0 Å². The monoisotopic (exact) mass is 516 g/mol. The molecule has 1 amide bonds. The zero-order chi connectivity index (χ0) is 25.4. The third-order valence-corrected chi connectivity index (χ3v) is 5.04. The standard InChI is InChI=1S/C21H22Cl2N2O9/c1-31-15-8-12(9-16(32-2)18(15)33-3)21(28)34-10-14(24-20(27)19(22)23)17(26)11-4-6-13(7-5-11)25(29)30/h4-9,14,17,19,26H,10H2,1-3H3,(H,24,27). The number of hydrogen-bond donors (Lipinski definition) is 2. The van der Waals surface area contributed by atoms with E-state index in [1.165, 1.54) is 57.7 Å². The lowest BCUT2D eigenvalue weighted by atomic mass is 10.0. The number of halogens is 2. The van der Waals surface area contributed by atoms with Gasteiger partial charge in [-0.05, 0) is 29.8 Å². The predicted octanol–water partition coefficient (Wildman–Crippen LogP) is 2.80. The minimum Gasteiger partial charge on any atom is -0.493 e. The Kier molecular flexibility index (Phi) is 9.72. The number of nitrogens with one attached hydrogen (secondary N) is 1. The summed E-state index contributed by atoms with van der Waals surface area (Å²) in [5, 5.41) is 24.0. The molecule has 2 aromatic rings. The number of carbonyl (C=O) groups excluding carboxylic acids is 2. The highest BCUT2D eigenvalue weighted by atomic mass is 35.5. The second kappa shape index (κ2) is 12.3. The molecule has 13 heteroatoms.